The van der Waals surface area contributed by atoms with Crippen LogP contribution in [0, 0.1) is 11.8 Å². The Morgan fingerprint density at radius 3 is 3.00 bits per heavy atom. The standard InChI is InChI=1S/C12H22N2O/c1-9-4-5-11-10(2)13-14(6-3-7-15)12(11)8-9/h9,11-12,15H,3-8H2,1-2H3. The van der Waals surface area contributed by atoms with Gasteiger partial charge < -0.3 is 5.11 Å². The Hall–Kier alpha value is -0.570. The second-order valence-electron chi connectivity index (χ2n) is 5.07. The number of hydrogen-bond acceptors (Lipinski definition) is 3. The summed E-state index contributed by atoms with van der Waals surface area (Å²) in [6, 6.07) is 0.625. The zero-order valence-electron chi connectivity index (χ0n) is 9.82. The lowest BCUT2D eigenvalue weighted by Crippen LogP contribution is -2.38. The van der Waals surface area contributed by atoms with Gasteiger partial charge in [0.1, 0.15) is 0 Å². The molecule has 2 aliphatic rings. The van der Waals surface area contributed by atoms with Gasteiger partial charge in [-0.05, 0) is 38.5 Å². The fraction of sp³-hybridized carbons (Fsp3) is 0.917. The van der Waals surface area contributed by atoms with E-state index in [-0.39, 0.29) is 6.61 Å². The van der Waals surface area contributed by atoms with E-state index < -0.39 is 0 Å². The van der Waals surface area contributed by atoms with Crippen molar-refractivity contribution in [1.82, 2.24) is 5.01 Å². The number of aliphatic hydroxyl groups is 1. The van der Waals surface area contributed by atoms with Gasteiger partial charge in [0.25, 0.3) is 0 Å². The molecule has 15 heavy (non-hydrogen) atoms. The smallest absolute Gasteiger partial charge is 0.0554 e. The maximum atomic E-state index is 8.87. The van der Waals surface area contributed by atoms with E-state index in [1.54, 1.807) is 0 Å². The molecule has 0 radical (unpaired) electrons. The van der Waals surface area contributed by atoms with Gasteiger partial charge >= 0.3 is 0 Å². The number of hydrazone groups is 1. The molecule has 1 aliphatic carbocycles. The molecular formula is C12H22N2O. The Kier molecular flexibility index (Phi) is 3.29. The summed E-state index contributed by atoms with van der Waals surface area (Å²) in [6.45, 7) is 5.69. The van der Waals surface area contributed by atoms with E-state index in [4.69, 9.17) is 5.11 Å². The number of fused-ring (bicyclic) bond motifs is 1. The number of aliphatic hydroxyl groups excluding tert-OH is 1. The van der Waals surface area contributed by atoms with Gasteiger partial charge in [-0.1, -0.05) is 6.92 Å². The van der Waals surface area contributed by atoms with Crippen LogP contribution >= 0.6 is 0 Å². The van der Waals surface area contributed by atoms with E-state index in [0.717, 1.165) is 18.9 Å². The van der Waals surface area contributed by atoms with E-state index in [0.29, 0.717) is 12.0 Å². The van der Waals surface area contributed by atoms with Gasteiger partial charge in [-0.2, -0.15) is 5.10 Å². The molecule has 0 aromatic heterocycles. The second-order valence-corrected chi connectivity index (χ2v) is 5.07. The third-order valence-corrected chi connectivity index (χ3v) is 3.83. The maximum absolute atomic E-state index is 8.87. The summed E-state index contributed by atoms with van der Waals surface area (Å²) in [6.07, 6.45) is 4.77. The molecule has 1 aliphatic heterocycles. The normalized spacial score (nSPS) is 35.3. The Morgan fingerprint density at radius 2 is 2.27 bits per heavy atom. The second kappa shape index (κ2) is 4.52. The predicted octanol–water partition coefficient (Wildman–Crippen LogP) is 1.87. The van der Waals surface area contributed by atoms with Gasteiger partial charge in [0.05, 0.1) is 6.04 Å². The minimum atomic E-state index is 0.276. The molecule has 86 valence electrons. The number of nitrogens with zero attached hydrogens (tertiary/aromatic N) is 2. The Bertz CT molecular complexity index is 252. The molecule has 3 atom stereocenters. The molecule has 0 amide bonds. The minimum absolute atomic E-state index is 0.276. The van der Waals surface area contributed by atoms with Crippen molar-refractivity contribution in [3.8, 4) is 0 Å². The van der Waals surface area contributed by atoms with Crippen molar-refractivity contribution in [2.24, 2.45) is 16.9 Å². The molecule has 3 unspecified atom stereocenters. The summed E-state index contributed by atoms with van der Waals surface area (Å²) in [5, 5.41) is 15.7. The van der Waals surface area contributed by atoms with Gasteiger partial charge in [0.2, 0.25) is 0 Å². The summed E-state index contributed by atoms with van der Waals surface area (Å²) >= 11 is 0. The van der Waals surface area contributed by atoms with Crippen molar-refractivity contribution in [1.29, 1.82) is 0 Å². The Labute approximate surface area is 92.2 Å². The lowest BCUT2D eigenvalue weighted by atomic mass is 9.77. The molecular weight excluding hydrogens is 188 g/mol. The third kappa shape index (κ3) is 2.17. The highest BCUT2D eigenvalue weighted by molar-refractivity contribution is 5.86. The molecule has 3 nitrogen and oxygen atoms in total. The summed E-state index contributed by atoms with van der Waals surface area (Å²) in [5.41, 5.74) is 1.31. The van der Waals surface area contributed by atoms with Crippen LogP contribution < -0.4 is 0 Å². The Balaban J connectivity index is 2.00. The van der Waals surface area contributed by atoms with Crippen molar-refractivity contribution >= 4 is 5.71 Å². The molecule has 2 rings (SSSR count). The van der Waals surface area contributed by atoms with Crippen LogP contribution in [-0.2, 0) is 0 Å². The quantitative estimate of drug-likeness (QED) is 0.772. The first kappa shape index (κ1) is 10.9. The first-order chi connectivity index (χ1) is 7.22. The summed E-state index contributed by atoms with van der Waals surface area (Å²) in [5.74, 6) is 1.53. The van der Waals surface area contributed by atoms with Crippen LogP contribution in [0.4, 0.5) is 0 Å². The third-order valence-electron chi connectivity index (χ3n) is 3.83. The van der Waals surface area contributed by atoms with E-state index in [9.17, 15) is 0 Å². The molecule has 3 heteroatoms. The average Bonchev–Trinajstić information content (AvgIpc) is 2.52. The zero-order valence-corrected chi connectivity index (χ0v) is 9.82. The Morgan fingerprint density at radius 1 is 1.47 bits per heavy atom. The zero-order chi connectivity index (χ0) is 10.8. The van der Waals surface area contributed by atoms with Gasteiger partial charge in [-0.15, -0.1) is 0 Å². The summed E-state index contributed by atoms with van der Waals surface area (Å²) in [7, 11) is 0. The van der Waals surface area contributed by atoms with Crippen LogP contribution in [0.2, 0.25) is 0 Å². The van der Waals surface area contributed by atoms with Crippen LogP contribution in [0.25, 0.3) is 0 Å². The molecule has 1 heterocycles. The monoisotopic (exact) mass is 210 g/mol. The number of rotatable bonds is 3. The lowest BCUT2D eigenvalue weighted by molar-refractivity contribution is 0.128. The SMILES string of the molecule is CC1=NN(CCCO)C2CC(C)CCC12. The van der Waals surface area contributed by atoms with E-state index in [2.05, 4.69) is 24.0 Å². The van der Waals surface area contributed by atoms with Crippen LogP contribution in [0.15, 0.2) is 5.10 Å². The van der Waals surface area contributed by atoms with E-state index >= 15 is 0 Å². The van der Waals surface area contributed by atoms with Crippen molar-refractivity contribution in [3.63, 3.8) is 0 Å². The van der Waals surface area contributed by atoms with Crippen LogP contribution in [0.5, 0.6) is 0 Å². The van der Waals surface area contributed by atoms with Crippen LogP contribution in [0.1, 0.15) is 39.5 Å². The van der Waals surface area contributed by atoms with Crippen molar-refractivity contribution in [2.45, 2.75) is 45.6 Å². The van der Waals surface area contributed by atoms with Gasteiger partial charge in [0.15, 0.2) is 0 Å². The lowest BCUT2D eigenvalue weighted by Gasteiger charge is -2.34. The highest BCUT2D eigenvalue weighted by Crippen LogP contribution is 2.37. The van der Waals surface area contributed by atoms with Gasteiger partial charge in [-0.3, -0.25) is 5.01 Å². The molecule has 0 spiro atoms. The highest BCUT2D eigenvalue weighted by atomic mass is 16.3. The first-order valence-electron chi connectivity index (χ1n) is 6.15. The van der Waals surface area contributed by atoms with Crippen molar-refractivity contribution < 1.29 is 5.11 Å². The molecule has 1 fully saturated rings. The largest absolute Gasteiger partial charge is 0.396 e. The van der Waals surface area contributed by atoms with Crippen molar-refractivity contribution in [2.75, 3.05) is 13.2 Å². The fourth-order valence-corrected chi connectivity index (χ4v) is 2.97. The van der Waals surface area contributed by atoms with E-state index in [1.165, 1.54) is 25.0 Å². The maximum Gasteiger partial charge on any atom is 0.0554 e. The average molecular weight is 210 g/mol. The fourth-order valence-electron chi connectivity index (χ4n) is 2.97. The van der Waals surface area contributed by atoms with Crippen molar-refractivity contribution in [3.05, 3.63) is 0 Å². The number of hydrogen-bond donors (Lipinski definition) is 1. The molecule has 0 aromatic rings. The van der Waals surface area contributed by atoms with Crippen LogP contribution in [0.3, 0.4) is 0 Å². The van der Waals surface area contributed by atoms with Gasteiger partial charge in [-0.25, -0.2) is 0 Å². The first-order valence-corrected chi connectivity index (χ1v) is 6.15. The molecule has 0 aromatic carbocycles. The summed E-state index contributed by atoms with van der Waals surface area (Å²) < 4.78 is 0. The molecule has 0 bridgehead atoms. The van der Waals surface area contributed by atoms with Gasteiger partial charge in [0, 0.05) is 24.8 Å². The molecule has 1 N–H and O–H groups in total. The summed E-state index contributed by atoms with van der Waals surface area (Å²) in [4.78, 5) is 0. The topological polar surface area (TPSA) is 35.8 Å². The molecule has 1 saturated carbocycles. The minimum Gasteiger partial charge on any atom is -0.396 e. The highest BCUT2D eigenvalue weighted by Gasteiger charge is 2.38. The molecule has 0 saturated heterocycles. The predicted molar refractivity (Wildman–Crippen MR) is 61.8 cm³/mol. The van der Waals surface area contributed by atoms with E-state index in [1.807, 2.05) is 0 Å². The van der Waals surface area contributed by atoms with Crippen LogP contribution in [-0.4, -0.2) is 35.0 Å².